The molecule has 6 nitrogen and oxygen atoms in total. The summed E-state index contributed by atoms with van der Waals surface area (Å²) in [5.41, 5.74) is 3.78. The molecule has 0 aromatic heterocycles. The Morgan fingerprint density at radius 1 is 0.543 bits per heavy atom. The fourth-order valence-electron chi connectivity index (χ4n) is 4.53. The fraction of sp³-hybridized carbons (Fsp3) is 0.300. The van der Waals surface area contributed by atoms with E-state index >= 15 is 0 Å². The van der Waals surface area contributed by atoms with Crippen LogP contribution in [-0.4, -0.2) is 51.3 Å². The molecule has 0 bridgehead atoms. The summed E-state index contributed by atoms with van der Waals surface area (Å²) in [4.78, 5) is 0. The van der Waals surface area contributed by atoms with Crippen LogP contribution in [0.5, 0.6) is 23.0 Å². The van der Waals surface area contributed by atoms with Crippen molar-refractivity contribution in [1.29, 1.82) is 0 Å². The molecule has 2 aliphatic heterocycles. The second-order valence-electron chi connectivity index (χ2n) is 11.4. The van der Waals surface area contributed by atoms with Crippen LogP contribution >= 0.6 is 0 Å². The van der Waals surface area contributed by atoms with Crippen molar-refractivity contribution in [1.82, 2.24) is 0 Å². The smallest absolute Gasteiger partial charge is 0.119 e. The van der Waals surface area contributed by atoms with Gasteiger partial charge in [0.25, 0.3) is 0 Å². The van der Waals surface area contributed by atoms with Crippen molar-refractivity contribution in [2.75, 3.05) is 33.0 Å². The number of hydrogen-bond acceptors (Lipinski definition) is 6. The van der Waals surface area contributed by atoms with Crippen LogP contribution in [0, 0.1) is 23.7 Å². The molecule has 2 aliphatic rings. The molecule has 4 aromatic carbocycles. The van der Waals surface area contributed by atoms with Gasteiger partial charge in [-0.1, -0.05) is 23.7 Å². The van der Waals surface area contributed by atoms with Crippen LogP contribution in [0.1, 0.15) is 48.4 Å². The molecule has 6 rings (SSSR count). The topological polar surface area (TPSA) is 62.0 Å². The van der Waals surface area contributed by atoms with Crippen LogP contribution in [-0.2, 0) is 9.47 Å². The van der Waals surface area contributed by atoms with Crippen molar-refractivity contribution in [3.8, 4) is 46.7 Å². The molecule has 4 aromatic rings. The average molecular weight is 615 g/mol. The molecule has 0 saturated carbocycles. The first kappa shape index (κ1) is 31.1. The minimum Gasteiger partial charge on any atom is -0.494 e. The zero-order valence-corrected chi connectivity index (χ0v) is 26.1. The highest BCUT2D eigenvalue weighted by Gasteiger charge is 2.23. The molecule has 2 heterocycles. The highest BCUT2D eigenvalue weighted by Crippen LogP contribution is 2.19. The summed E-state index contributed by atoms with van der Waals surface area (Å²) in [6, 6.07) is 31.5. The molecule has 0 aliphatic carbocycles. The minimum atomic E-state index is 0.114. The van der Waals surface area contributed by atoms with Gasteiger partial charge in [0.15, 0.2) is 0 Å². The molecular formula is C40H38O6. The van der Waals surface area contributed by atoms with Crippen LogP contribution < -0.4 is 18.9 Å². The van der Waals surface area contributed by atoms with Gasteiger partial charge in [0.2, 0.25) is 0 Å². The number of ether oxygens (including phenoxy) is 6. The van der Waals surface area contributed by atoms with E-state index < -0.39 is 0 Å². The third-order valence-electron chi connectivity index (χ3n) is 7.41. The van der Waals surface area contributed by atoms with Crippen molar-refractivity contribution in [2.24, 2.45) is 0 Å². The summed E-state index contributed by atoms with van der Waals surface area (Å²) >= 11 is 0. The summed E-state index contributed by atoms with van der Waals surface area (Å²) in [6.45, 7) is 5.56. The molecule has 2 saturated heterocycles. The van der Waals surface area contributed by atoms with E-state index in [1.807, 2.05) is 97.1 Å². The predicted octanol–water partition coefficient (Wildman–Crippen LogP) is 7.06. The highest BCUT2D eigenvalue weighted by molar-refractivity contribution is 5.46. The van der Waals surface area contributed by atoms with Gasteiger partial charge >= 0.3 is 0 Å². The summed E-state index contributed by atoms with van der Waals surface area (Å²) in [5, 5.41) is 0. The first-order chi connectivity index (χ1) is 22.6. The normalized spacial score (nSPS) is 16.5. The largest absolute Gasteiger partial charge is 0.494 e. The van der Waals surface area contributed by atoms with Gasteiger partial charge in [-0.3, -0.25) is 0 Å². The summed E-state index contributed by atoms with van der Waals surface area (Å²) in [6.07, 6.45) is 3.55. The number of epoxide rings is 2. The number of benzene rings is 4. The molecule has 234 valence electrons. The van der Waals surface area contributed by atoms with Gasteiger partial charge in [0.05, 0.1) is 25.9 Å². The van der Waals surface area contributed by atoms with Gasteiger partial charge in [-0.2, -0.15) is 0 Å². The van der Waals surface area contributed by atoms with Crippen molar-refractivity contribution in [2.45, 2.75) is 44.5 Å². The second-order valence-corrected chi connectivity index (χ2v) is 11.4. The van der Waals surface area contributed by atoms with Crippen LogP contribution in [0.25, 0.3) is 0 Å². The first-order valence-corrected chi connectivity index (χ1v) is 15.9. The Morgan fingerprint density at radius 3 is 1.30 bits per heavy atom. The molecule has 3 atom stereocenters. The Labute approximate surface area is 271 Å². The minimum absolute atomic E-state index is 0.114. The lowest BCUT2D eigenvalue weighted by Crippen LogP contribution is -2.12. The van der Waals surface area contributed by atoms with Gasteiger partial charge in [0, 0.05) is 22.3 Å². The molecule has 0 spiro atoms. The standard InChI is InChI=1S/C40H38O6/c1-30(46-38-23-15-34(16-24-38)8-7-33-13-21-37(22-14-33)43-27-40-29-45-40)4-2-3-25-41-35-17-9-31(10-18-35)5-6-32-11-19-36(20-12-32)42-26-39-28-44-39/h9-24,30,39-40H,2-4,25-29H2,1H3. The maximum absolute atomic E-state index is 6.11. The van der Waals surface area contributed by atoms with Crippen molar-refractivity contribution in [3.05, 3.63) is 119 Å². The van der Waals surface area contributed by atoms with Gasteiger partial charge in [0.1, 0.15) is 48.4 Å². The number of unbranched alkanes of at least 4 members (excludes halogenated alkanes) is 1. The lowest BCUT2D eigenvalue weighted by Gasteiger charge is -2.15. The van der Waals surface area contributed by atoms with Crippen LogP contribution in [0.15, 0.2) is 97.1 Å². The monoisotopic (exact) mass is 614 g/mol. The number of hydrogen-bond donors (Lipinski definition) is 0. The van der Waals surface area contributed by atoms with Crippen LogP contribution in [0.3, 0.4) is 0 Å². The van der Waals surface area contributed by atoms with Gasteiger partial charge < -0.3 is 28.4 Å². The second kappa shape index (κ2) is 15.9. The third kappa shape index (κ3) is 10.6. The molecule has 0 radical (unpaired) electrons. The lowest BCUT2D eigenvalue weighted by atomic mass is 10.1. The first-order valence-electron chi connectivity index (χ1n) is 15.9. The van der Waals surface area contributed by atoms with E-state index in [4.69, 9.17) is 28.4 Å². The quantitative estimate of drug-likeness (QED) is 0.0862. The molecule has 0 N–H and O–H groups in total. The summed E-state index contributed by atoms with van der Waals surface area (Å²) in [7, 11) is 0. The van der Waals surface area contributed by atoms with E-state index in [1.165, 1.54) is 0 Å². The Bertz CT molecular complexity index is 1650. The van der Waals surface area contributed by atoms with Crippen LogP contribution in [0.2, 0.25) is 0 Å². The molecule has 3 unspecified atom stereocenters. The van der Waals surface area contributed by atoms with Crippen LogP contribution in [0.4, 0.5) is 0 Å². The molecule has 46 heavy (non-hydrogen) atoms. The van der Waals surface area contributed by atoms with E-state index in [2.05, 4.69) is 30.6 Å². The average Bonchev–Trinajstić information content (AvgIpc) is 4.03. The Balaban J connectivity index is 0.851. The Kier molecular flexibility index (Phi) is 10.8. The zero-order valence-electron chi connectivity index (χ0n) is 26.1. The Morgan fingerprint density at radius 2 is 0.913 bits per heavy atom. The zero-order chi connectivity index (χ0) is 31.4. The summed E-state index contributed by atoms with van der Waals surface area (Å²) in [5.74, 6) is 16.2. The van der Waals surface area contributed by atoms with E-state index in [1.54, 1.807) is 0 Å². The molecule has 2 fully saturated rings. The Hall–Kier alpha value is -4.88. The van der Waals surface area contributed by atoms with Crippen molar-refractivity contribution >= 4 is 0 Å². The van der Waals surface area contributed by atoms with E-state index in [-0.39, 0.29) is 18.3 Å². The van der Waals surface area contributed by atoms with Gasteiger partial charge in [-0.05, 0) is 123 Å². The lowest BCUT2D eigenvalue weighted by molar-refractivity contribution is 0.201. The molecule has 0 amide bonds. The van der Waals surface area contributed by atoms with Crippen molar-refractivity contribution < 1.29 is 28.4 Å². The number of rotatable bonds is 14. The van der Waals surface area contributed by atoms with E-state index in [9.17, 15) is 0 Å². The molecule has 6 heteroatoms. The van der Waals surface area contributed by atoms with Gasteiger partial charge in [-0.25, -0.2) is 0 Å². The maximum Gasteiger partial charge on any atom is 0.119 e. The molecular weight excluding hydrogens is 576 g/mol. The van der Waals surface area contributed by atoms with E-state index in [0.29, 0.717) is 19.8 Å². The SMILES string of the molecule is CC(CCCCOc1ccc(C#Cc2ccc(OCC3CO3)cc2)cc1)Oc1ccc(C#Cc2ccc(OCC3CO3)cc2)cc1. The third-order valence-corrected chi connectivity index (χ3v) is 7.41. The maximum atomic E-state index is 6.11. The highest BCUT2D eigenvalue weighted by atomic mass is 16.6. The predicted molar refractivity (Wildman–Crippen MR) is 178 cm³/mol. The van der Waals surface area contributed by atoms with Gasteiger partial charge in [-0.15, -0.1) is 0 Å². The summed E-state index contributed by atoms with van der Waals surface area (Å²) < 4.78 is 33.7. The van der Waals surface area contributed by atoms with Crippen molar-refractivity contribution in [3.63, 3.8) is 0 Å². The van der Waals surface area contributed by atoms with E-state index in [0.717, 1.165) is 77.7 Å². The fourth-order valence-corrected chi connectivity index (χ4v) is 4.53.